The molecule has 2 rings (SSSR count). The second kappa shape index (κ2) is 4.02. The number of methoxy groups -OCH3 is 1. The van der Waals surface area contributed by atoms with Gasteiger partial charge < -0.3 is 4.74 Å². The van der Waals surface area contributed by atoms with E-state index >= 15 is 0 Å². The third-order valence-electron chi connectivity index (χ3n) is 2.06. The molecule has 0 saturated carbocycles. The van der Waals surface area contributed by atoms with Gasteiger partial charge in [-0.2, -0.15) is 5.10 Å². The Hall–Kier alpha value is -1.36. The summed E-state index contributed by atoms with van der Waals surface area (Å²) in [6.07, 6.45) is 1.82. The average molecular weight is 269 g/mol. The molecule has 1 heterocycles. The second-order valence-corrected chi connectivity index (χ2v) is 3.93. The van der Waals surface area contributed by atoms with Crippen molar-refractivity contribution in [1.82, 2.24) is 9.78 Å². The Bertz CT molecular complexity index is 507. The van der Waals surface area contributed by atoms with Crippen LogP contribution in [0.5, 0.6) is 0 Å². The Morgan fingerprint density at radius 2 is 2.40 bits per heavy atom. The SMILES string of the molecule is COC(=O)Cn1cc2c(Br)cccc2n1. The fourth-order valence-corrected chi connectivity index (χ4v) is 1.79. The summed E-state index contributed by atoms with van der Waals surface area (Å²) in [6.45, 7) is 0.137. The monoisotopic (exact) mass is 268 g/mol. The molecule has 0 unspecified atom stereocenters. The van der Waals surface area contributed by atoms with Crippen molar-refractivity contribution in [1.29, 1.82) is 0 Å². The molecule has 0 aliphatic heterocycles. The standard InChI is InChI=1S/C10H9BrN2O2/c1-15-10(14)6-13-5-7-8(11)3-2-4-9(7)12-13/h2-5H,6H2,1H3. The molecule has 78 valence electrons. The fraction of sp³-hybridized carbons (Fsp3) is 0.200. The summed E-state index contributed by atoms with van der Waals surface area (Å²) in [6, 6.07) is 5.74. The third-order valence-corrected chi connectivity index (χ3v) is 2.75. The molecular weight excluding hydrogens is 260 g/mol. The maximum atomic E-state index is 11.0. The number of ether oxygens (including phenoxy) is 1. The lowest BCUT2D eigenvalue weighted by atomic mass is 10.3. The number of esters is 1. The van der Waals surface area contributed by atoms with Gasteiger partial charge in [-0.05, 0) is 12.1 Å². The smallest absolute Gasteiger partial charge is 0.327 e. The quantitative estimate of drug-likeness (QED) is 0.783. The Balaban J connectivity index is 2.39. The summed E-state index contributed by atoms with van der Waals surface area (Å²) < 4.78 is 7.11. The first kappa shape index (κ1) is 10.2. The minimum Gasteiger partial charge on any atom is -0.468 e. The predicted molar refractivity (Wildman–Crippen MR) is 59.4 cm³/mol. The van der Waals surface area contributed by atoms with E-state index in [2.05, 4.69) is 25.8 Å². The number of carbonyl (C=O) groups excluding carboxylic acids is 1. The number of fused-ring (bicyclic) bond motifs is 1. The molecule has 2 aromatic rings. The molecule has 0 aliphatic carbocycles. The lowest BCUT2D eigenvalue weighted by molar-refractivity contribution is -0.141. The van der Waals surface area contributed by atoms with Crippen molar-refractivity contribution in [2.24, 2.45) is 0 Å². The average Bonchev–Trinajstić information content (AvgIpc) is 2.62. The summed E-state index contributed by atoms with van der Waals surface area (Å²) in [5, 5.41) is 5.23. The van der Waals surface area contributed by atoms with E-state index in [4.69, 9.17) is 0 Å². The first-order valence-corrected chi connectivity index (χ1v) is 5.18. The first-order chi connectivity index (χ1) is 7.20. The van der Waals surface area contributed by atoms with Gasteiger partial charge in [-0.15, -0.1) is 0 Å². The van der Waals surface area contributed by atoms with Gasteiger partial charge in [0.1, 0.15) is 6.54 Å². The van der Waals surface area contributed by atoms with E-state index in [9.17, 15) is 4.79 Å². The van der Waals surface area contributed by atoms with Gasteiger partial charge >= 0.3 is 5.97 Å². The van der Waals surface area contributed by atoms with Crippen LogP contribution >= 0.6 is 15.9 Å². The Kier molecular flexibility index (Phi) is 2.73. The van der Waals surface area contributed by atoms with Gasteiger partial charge in [0.05, 0.1) is 12.6 Å². The number of halogens is 1. The molecule has 1 aromatic heterocycles. The molecule has 1 aromatic carbocycles. The maximum absolute atomic E-state index is 11.0. The van der Waals surface area contributed by atoms with E-state index in [-0.39, 0.29) is 12.5 Å². The van der Waals surface area contributed by atoms with E-state index < -0.39 is 0 Å². The van der Waals surface area contributed by atoms with E-state index in [1.54, 1.807) is 4.68 Å². The van der Waals surface area contributed by atoms with Gasteiger partial charge in [-0.1, -0.05) is 22.0 Å². The summed E-state index contributed by atoms with van der Waals surface area (Å²) in [7, 11) is 1.36. The number of aromatic nitrogens is 2. The van der Waals surface area contributed by atoms with Crippen LogP contribution in [0.2, 0.25) is 0 Å². The molecule has 0 amide bonds. The Morgan fingerprint density at radius 3 is 3.07 bits per heavy atom. The predicted octanol–water partition coefficient (Wildman–Crippen LogP) is 1.97. The highest BCUT2D eigenvalue weighted by Gasteiger charge is 2.06. The van der Waals surface area contributed by atoms with Gasteiger partial charge in [-0.3, -0.25) is 9.48 Å². The van der Waals surface area contributed by atoms with Crippen molar-refractivity contribution in [3.63, 3.8) is 0 Å². The molecule has 0 bridgehead atoms. The molecule has 0 fully saturated rings. The summed E-state index contributed by atoms with van der Waals surface area (Å²) in [5.41, 5.74) is 0.855. The number of nitrogens with zero attached hydrogens (tertiary/aromatic N) is 2. The fourth-order valence-electron chi connectivity index (χ4n) is 1.33. The van der Waals surface area contributed by atoms with Gasteiger partial charge in [0.25, 0.3) is 0 Å². The summed E-state index contributed by atoms with van der Waals surface area (Å²) in [4.78, 5) is 11.0. The van der Waals surface area contributed by atoms with Gasteiger partial charge in [0, 0.05) is 16.1 Å². The molecule has 0 aliphatic rings. The molecule has 0 saturated heterocycles. The molecule has 4 nitrogen and oxygen atoms in total. The van der Waals surface area contributed by atoms with Crippen molar-refractivity contribution in [3.8, 4) is 0 Å². The lowest BCUT2D eigenvalue weighted by Gasteiger charge is -1.97. The topological polar surface area (TPSA) is 44.1 Å². The number of carbonyl (C=O) groups is 1. The Morgan fingerprint density at radius 1 is 1.60 bits per heavy atom. The van der Waals surface area contributed by atoms with Crippen LogP contribution in [-0.2, 0) is 16.1 Å². The van der Waals surface area contributed by atoms with Gasteiger partial charge in [-0.25, -0.2) is 0 Å². The Labute approximate surface area is 95.0 Å². The third kappa shape index (κ3) is 2.02. The minimum atomic E-state index is -0.307. The number of benzene rings is 1. The first-order valence-electron chi connectivity index (χ1n) is 4.39. The molecule has 5 heteroatoms. The van der Waals surface area contributed by atoms with Crippen molar-refractivity contribution < 1.29 is 9.53 Å². The van der Waals surface area contributed by atoms with Crippen molar-refractivity contribution >= 4 is 32.8 Å². The molecular formula is C10H9BrN2O2. The number of hydrogen-bond donors (Lipinski definition) is 0. The van der Waals surface area contributed by atoms with Crippen molar-refractivity contribution in [2.45, 2.75) is 6.54 Å². The molecule has 0 N–H and O–H groups in total. The van der Waals surface area contributed by atoms with E-state index in [1.165, 1.54) is 7.11 Å². The molecule has 15 heavy (non-hydrogen) atoms. The molecule has 0 atom stereocenters. The number of rotatable bonds is 2. The van der Waals surface area contributed by atoms with Gasteiger partial charge in [0.15, 0.2) is 0 Å². The van der Waals surface area contributed by atoms with Crippen LogP contribution < -0.4 is 0 Å². The van der Waals surface area contributed by atoms with Crippen LogP contribution in [-0.4, -0.2) is 22.9 Å². The van der Waals surface area contributed by atoms with Crippen LogP contribution in [0.25, 0.3) is 10.9 Å². The van der Waals surface area contributed by atoms with Crippen LogP contribution in [0.3, 0.4) is 0 Å². The normalized spacial score (nSPS) is 10.5. The lowest BCUT2D eigenvalue weighted by Crippen LogP contribution is -2.11. The highest BCUT2D eigenvalue weighted by molar-refractivity contribution is 9.10. The van der Waals surface area contributed by atoms with Crippen molar-refractivity contribution in [2.75, 3.05) is 7.11 Å². The minimum absolute atomic E-state index is 0.137. The second-order valence-electron chi connectivity index (χ2n) is 3.08. The van der Waals surface area contributed by atoms with Crippen LogP contribution in [0.1, 0.15) is 0 Å². The zero-order valence-electron chi connectivity index (χ0n) is 8.11. The molecule has 0 spiro atoms. The zero-order chi connectivity index (χ0) is 10.8. The number of hydrogen-bond acceptors (Lipinski definition) is 3. The van der Waals surface area contributed by atoms with E-state index in [1.807, 2.05) is 24.4 Å². The van der Waals surface area contributed by atoms with Crippen LogP contribution in [0.4, 0.5) is 0 Å². The zero-order valence-corrected chi connectivity index (χ0v) is 9.69. The van der Waals surface area contributed by atoms with Crippen LogP contribution in [0, 0.1) is 0 Å². The maximum Gasteiger partial charge on any atom is 0.327 e. The summed E-state index contributed by atoms with van der Waals surface area (Å²) in [5.74, 6) is -0.307. The van der Waals surface area contributed by atoms with Gasteiger partial charge in [0.2, 0.25) is 0 Å². The van der Waals surface area contributed by atoms with E-state index in [0.29, 0.717) is 0 Å². The highest BCUT2D eigenvalue weighted by atomic mass is 79.9. The summed E-state index contributed by atoms with van der Waals surface area (Å²) >= 11 is 3.42. The largest absolute Gasteiger partial charge is 0.468 e. The molecule has 0 radical (unpaired) electrons. The van der Waals surface area contributed by atoms with Crippen LogP contribution in [0.15, 0.2) is 28.9 Å². The van der Waals surface area contributed by atoms with Crippen molar-refractivity contribution in [3.05, 3.63) is 28.9 Å². The highest BCUT2D eigenvalue weighted by Crippen LogP contribution is 2.22. The van der Waals surface area contributed by atoms with E-state index in [0.717, 1.165) is 15.4 Å².